The molecule has 7 heteroatoms. The standard InChI is InChI=1S/C19H24F2N2O3/c1-12-3-4-14(17(21)16(12)20)10-22-7-5-19(6-8-22)9-15(18(25)26)23(11-19)13(2)24/h3-4,15H,5-11H2,1-2H3,(H,25,26). The van der Waals surface area contributed by atoms with Gasteiger partial charge in [-0.3, -0.25) is 9.69 Å². The normalized spacial score (nSPS) is 22.8. The number of benzene rings is 1. The second-order valence-corrected chi connectivity index (χ2v) is 7.65. The Morgan fingerprint density at radius 1 is 1.23 bits per heavy atom. The minimum Gasteiger partial charge on any atom is -0.480 e. The molecular weight excluding hydrogens is 342 g/mol. The molecule has 2 heterocycles. The number of aryl methyl sites for hydroxylation is 1. The summed E-state index contributed by atoms with van der Waals surface area (Å²) in [6.07, 6.45) is 1.95. The molecule has 2 aliphatic heterocycles. The van der Waals surface area contributed by atoms with Gasteiger partial charge in [0.1, 0.15) is 6.04 Å². The molecule has 0 aromatic heterocycles. The first-order valence-electron chi connectivity index (χ1n) is 8.88. The van der Waals surface area contributed by atoms with Gasteiger partial charge in [0.05, 0.1) is 0 Å². The van der Waals surface area contributed by atoms with Crippen LogP contribution in [0.2, 0.25) is 0 Å². The summed E-state index contributed by atoms with van der Waals surface area (Å²) in [6, 6.07) is 2.44. The van der Waals surface area contributed by atoms with Crippen molar-refractivity contribution in [3.05, 3.63) is 34.9 Å². The van der Waals surface area contributed by atoms with E-state index in [1.165, 1.54) is 18.7 Å². The molecule has 26 heavy (non-hydrogen) atoms. The Morgan fingerprint density at radius 3 is 2.42 bits per heavy atom. The van der Waals surface area contributed by atoms with E-state index >= 15 is 0 Å². The second-order valence-electron chi connectivity index (χ2n) is 7.65. The molecule has 2 saturated heterocycles. The lowest BCUT2D eigenvalue weighted by Crippen LogP contribution is -2.42. The molecule has 0 saturated carbocycles. The molecule has 142 valence electrons. The van der Waals surface area contributed by atoms with Gasteiger partial charge in [0.15, 0.2) is 11.6 Å². The summed E-state index contributed by atoms with van der Waals surface area (Å²) in [5.41, 5.74) is 0.436. The Bertz CT molecular complexity index is 706. The van der Waals surface area contributed by atoms with Crippen LogP contribution in [-0.4, -0.2) is 52.5 Å². The third-order valence-electron chi connectivity index (χ3n) is 5.86. The molecule has 2 fully saturated rings. The van der Waals surface area contributed by atoms with Crippen molar-refractivity contribution >= 4 is 11.9 Å². The summed E-state index contributed by atoms with van der Waals surface area (Å²) in [5.74, 6) is -2.77. The SMILES string of the molecule is CC(=O)N1CC2(CCN(Cc3ccc(C)c(F)c3F)CC2)CC1C(=O)O. The van der Waals surface area contributed by atoms with Gasteiger partial charge in [-0.25, -0.2) is 13.6 Å². The van der Waals surface area contributed by atoms with E-state index in [0.29, 0.717) is 43.7 Å². The first kappa shape index (κ1) is 18.8. The van der Waals surface area contributed by atoms with Crippen molar-refractivity contribution in [1.29, 1.82) is 0 Å². The minimum atomic E-state index is -0.961. The topological polar surface area (TPSA) is 60.9 Å². The number of carboxylic acids is 1. The van der Waals surface area contributed by atoms with Crippen LogP contribution in [0.25, 0.3) is 0 Å². The average Bonchev–Trinajstić information content (AvgIpc) is 2.98. The minimum absolute atomic E-state index is 0.192. The van der Waals surface area contributed by atoms with Gasteiger partial charge in [0.25, 0.3) is 0 Å². The maximum atomic E-state index is 14.1. The van der Waals surface area contributed by atoms with Gasteiger partial charge in [0, 0.05) is 25.6 Å². The lowest BCUT2D eigenvalue weighted by molar-refractivity contribution is -0.147. The quantitative estimate of drug-likeness (QED) is 0.893. The lowest BCUT2D eigenvalue weighted by atomic mass is 9.76. The molecular formula is C19H24F2N2O3. The monoisotopic (exact) mass is 366 g/mol. The molecule has 3 rings (SSSR count). The predicted octanol–water partition coefficient (Wildman–Crippen LogP) is 2.56. The van der Waals surface area contributed by atoms with Crippen LogP contribution >= 0.6 is 0 Å². The van der Waals surface area contributed by atoms with E-state index in [0.717, 1.165) is 12.8 Å². The van der Waals surface area contributed by atoms with Gasteiger partial charge in [-0.05, 0) is 50.3 Å². The van der Waals surface area contributed by atoms with Crippen LogP contribution in [0.5, 0.6) is 0 Å². The maximum absolute atomic E-state index is 14.1. The van der Waals surface area contributed by atoms with E-state index in [1.807, 2.05) is 0 Å². The molecule has 1 amide bonds. The first-order chi connectivity index (χ1) is 12.2. The van der Waals surface area contributed by atoms with Crippen LogP contribution in [0, 0.1) is 24.0 Å². The molecule has 0 radical (unpaired) electrons. The van der Waals surface area contributed by atoms with Gasteiger partial charge in [-0.1, -0.05) is 12.1 Å². The van der Waals surface area contributed by atoms with Crippen LogP contribution in [0.3, 0.4) is 0 Å². The summed E-state index contributed by atoms with van der Waals surface area (Å²) < 4.78 is 27.8. The Labute approximate surface area is 151 Å². The van der Waals surface area contributed by atoms with Crippen LogP contribution in [0.4, 0.5) is 8.78 Å². The molecule has 0 bridgehead atoms. The van der Waals surface area contributed by atoms with Crippen molar-refractivity contribution in [3.63, 3.8) is 0 Å². The maximum Gasteiger partial charge on any atom is 0.326 e. The number of likely N-dealkylation sites (tertiary alicyclic amines) is 2. The Kier molecular flexibility index (Phi) is 5.01. The zero-order valence-corrected chi connectivity index (χ0v) is 15.1. The fourth-order valence-electron chi connectivity index (χ4n) is 4.20. The Morgan fingerprint density at radius 2 is 1.88 bits per heavy atom. The molecule has 0 aliphatic carbocycles. The van der Waals surface area contributed by atoms with Gasteiger partial charge in [0.2, 0.25) is 5.91 Å². The van der Waals surface area contributed by atoms with E-state index < -0.39 is 23.6 Å². The zero-order valence-electron chi connectivity index (χ0n) is 15.1. The number of carbonyl (C=O) groups is 2. The smallest absolute Gasteiger partial charge is 0.326 e. The Balaban J connectivity index is 1.65. The number of carboxylic acid groups (broad SMARTS) is 1. The van der Waals surface area contributed by atoms with E-state index in [1.54, 1.807) is 12.1 Å². The molecule has 5 nitrogen and oxygen atoms in total. The van der Waals surface area contributed by atoms with Crippen molar-refractivity contribution in [2.45, 2.75) is 45.7 Å². The molecule has 1 aromatic carbocycles. The number of rotatable bonds is 3. The van der Waals surface area contributed by atoms with Crippen molar-refractivity contribution in [2.24, 2.45) is 5.41 Å². The molecule has 1 atom stereocenters. The van der Waals surface area contributed by atoms with E-state index in [2.05, 4.69) is 4.90 Å². The van der Waals surface area contributed by atoms with Crippen LogP contribution in [0.1, 0.15) is 37.3 Å². The van der Waals surface area contributed by atoms with Gasteiger partial charge >= 0.3 is 5.97 Å². The number of nitrogens with zero attached hydrogens (tertiary/aromatic N) is 2. The van der Waals surface area contributed by atoms with Crippen molar-refractivity contribution < 1.29 is 23.5 Å². The fraction of sp³-hybridized carbons (Fsp3) is 0.579. The average molecular weight is 366 g/mol. The van der Waals surface area contributed by atoms with E-state index in [-0.39, 0.29) is 11.3 Å². The van der Waals surface area contributed by atoms with E-state index in [4.69, 9.17) is 0 Å². The summed E-state index contributed by atoms with van der Waals surface area (Å²) in [4.78, 5) is 26.7. The highest BCUT2D eigenvalue weighted by atomic mass is 19.2. The number of piperidine rings is 1. The van der Waals surface area contributed by atoms with Crippen LogP contribution in [-0.2, 0) is 16.1 Å². The largest absolute Gasteiger partial charge is 0.480 e. The number of amides is 1. The van der Waals surface area contributed by atoms with Gasteiger partial charge in [-0.15, -0.1) is 0 Å². The number of hydrogen-bond donors (Lipinski definition) is 1. The third kappa shape index (κ3) is 3.45. The summed E-state index contributed by atoms with van der Waals surface area (Å²) in [6.45, 7) is 5.07. The molecule has 1 spiro atoms. The van der Waals surface area contributed by atoms with Gasteiger partial charge < -0.3 is 10.0 Å². The molecule has 2 aliphatic rings. The summed E-state index contributed by atoms with van der Waals surface area (Å²) >= 11 is 0. The molecule has 1 unspecified atom stereocenters. The summed E-state index contributed by atoms with van der Waals surface area (Å²) in [5, 5.41) is 9.39. The zero-order chi connectivity index (χ0) is 19.1. The summed E-state index contributed by atoms with van der Waals surface area (Å²) in [7, 11) is 0. The molecule has 1 aromatic rings. The van der Waals surface area contributed by atoms with Gasteiger partial charge in [-0.2, -0.15) is 0 Å². The predicted molar refractivity (Wildman–Crippen MR) is 91.5 cm³/mol. The molecule has 1 N–H and O–H groups in total. The number of halogens is 2. The Hall–Kier alpha value is -2.02. The first-order valence-corrected chi connectivity index (χ1v) is 8.88. The third-order valence-corrected chi connectivity index (χ3v) is 5.86. The highest BCUT2D eigenvalue weighted by molar-refractivity contribution is 5.83. The van der Waals surface area contributed by atoms with Crippen LogP contribution < -0.4 is 0 Å². The number of aliphatic carboxylic acids is 1. The van der Waals surface area contributed by atoms with E-state index in [9.17, 15) is 23.5 Å². The van der Waals surface area contributed by atoms with Crippen molar-refractivity contribution in [3.8, 4) is 0 Å². The van der Waals surface area contributed by atoms with Crippen molar-refractivity contribution in [2.75, 3.05) is 19.6 Å². The highest BCUT2D eigenvalue weighted by Crippen LogP contribution is 2.43. The number of carbonyl (C=O) groups excluding carboxylic acids is 1. The fourth-order valence-corrected chi connectivity index (χ4v) is 4.20. The number of hydrogen-bond acceptors (Lipinski definition) is 3. The van der Waals surface area contributed by atoms with Crippen molar-refractivity contribution in [1.82, 2.24) is 9.80 Å². The highest BCUT2D eigenvalue weighted by Gasteiger charge is 2.49. The van der Waals surface area contributed by atoms with Crippen LogP contribution in [0.15, 0.2) is 12.1 Å². The lowest BCUT2D eigenvalue weighted by Gasteiger charge is -2.39. The second kappa shape index (κ2) is 6.95.